The van der Waals surface area contributed by atoms with Crippen molar-refractivity contribution >= 4 is 33.1 Å². The molecule has 11 heteroatoms. The Balaban J connectivity index is 2.09. The zero-order valence-corrected chi connectivity index (χ0v) is 16.5. The fraction of sp³-hybridized carbons (Fsp3) is 0.529. The molecule has 0 radical (unpaired) electrons. The molecule has 0 saturated carbocycles. The lowest BCUT2D eigenvalue weighted by atomic mass is 10.1. The minimum atomic E-state index is -3.18. The standard InChI is InChI=1S/C17H23N3O7S/c1-3-11(2)19(13-6-7-28(25,26)10-13)16(21)9-27-17(22)12-4-5-14(18)15(8-12)20(23)24/h4-5,8,11,13H,3,6-7,9-10,18H2,1-2H3/t11-,13+/m0/s1. The minimum Gasteiger partial charge on any atom is -0.452 e. The number of rotatable bonds is 7. The van der Waals surface area contributed by atoms with Crippen LogP contribution in [0.5, 0.6) is 0 Å². The molecule has 0 bridgehead atoms. The van der Waals surface area contributed by atoms with Gasteiger partial charge in [-0.3, -0.25) is 14.9 Å². The number of nitrogens with two attached hydrogens (primary N) is 1. The SMILES string of the molecule is CC[C@H](C)N(C(=O)COC(=O)c1ccc(N)c([N+](=O)[O-])c1)[C@@H]1CCS(=O)(=O)C1. The molecule has 1 heterocycles. The monoisotopic (exact) mass is 413 g/mol. The highest BCUT2D eigenvalue weighted by atomic mass is 32.2. The van der Waals surface area contributed by atoms with Gasteiger partial charge in [-0.1, -0.05) is 6.92 Å². The Labute approximate surface area is 162 Å². The number of hydrogen-bond acceptors (Lipinski definition) is 8. The summed E-state index contributed by atoms with van der Waals surface area (Å²) < 4.78 is 28.5. The molecule has 0 spiro atoms. The maximum atomic E-state index is 12.6. The van der Waals surface area contributed by atoms with Crippen molar-refractivity contribution in [2.24, 2.45) is 0 Å². The van der Waals surface area contributed by atoms with Crippen molar-refractivity contribution in [3.63, 3.8) is 0 Å². The van der Waals surface area contributed by atoms with Crippen LogP contribution in [0.25, 0.3) is 0 Å². The normalized spacial score (nSPS) is 19.0. The summed E-state index contributed by atoms with van der Waals surface area (Å²) in [4.78, 5) is 36.5. The summed E-state index contributed by atoms with van der Waals surface area (Å²) in [5.41, 5.74) is 4.86. The van der Waals surface area contributed by atoms with Crippen LogP contribution in [-0.4, -0.2) is 60.3 Å². The Hall–Kier alpha value is -2.69. The van der Waals surface area contributed by atoms with Gasteiger partial charge in [0.1, 0.15) is 5.69 Å². The fourth-order valence-electron chi connectivity index (χ4n) is 3.11. The molecule has 0 aliphatic carbocycles. The molecular weight excluding hydrogens is 390 g/mol. The highest BCUT2D eigenvalue weighted by Crippen LogP contribution is 2.24. The molecule has 2 atom stereocenters. The van der Waals surface area contributed by atoms with Gasteiger partial charge >= 0.3 is 5.97 Å². The number of amides is 1. The summed E-state index contributed by atoms with van der Waals surface area (Å²) in [6.45, 7) is 3.08. The summed E-state index contributed by atoms with van der Waals surface area (Å²) in [7, 11) is -3.18. The number of carbonyl (C=O) groups excluding carboxylic acids is 2. The quantitative estimate of drug-likeness (QED) is 0.303. The van der Waals surface area contributed by atoms with E-state index in [0.29, 0.717) is 12.8 Å². The zero-order chi connectivity index (χ0) is 21.1. The lowest BCUT2D eigenvalue weighted by Gasteiger charge is -2.33. The average Bonchev–Trinajstić information content (AvgIpc) is 2.99. The van der Waals surface area contributed by atoms with Crippen LogP contribution in [0, 0.1) is 10.1 Å². The molecule has 1 amide bonds. The second-order valence-corrected chi connectivity index (χ2v) is 8.95. The van der Waals surface area contributed by atoms with E-state index >= 15 is 0 Å². The molecule has 1 fully saturated rings. The summed E-state index contributed by atoms with van der Waals surface area (Å²) >= 11 is 0. The topological polar surface area (TPSA) is 150 Å². The van der Waals surface area contributed by atoms with E-state index in [0.717, 1.165) is 6.07 Å². The highest BCUT2D eigenvalue weighted by Gasteiger charge is 2.36. The number of hydrogen-bond donors (Lipinski definition) is 1. The van der Waals surface area contributed by atoms with Crippen molar-refractivity contribution in [1.29, 1.82) is 0 Å². The van der Waals surface area contributed by atoms with Crippen molar-refractivity contribution in [3.8, 4) is 0 Å². The number of nitro benzene ring substituents is 1. The third-order valence-corrected chi connectivity index (χ3v) is 6.50. The predicted molar refractivity (Wildman–Crippen MR) is 101 cm³/mol. The number of nitro groups is 1. The first-order valence-corrected chi connectivity index (χ1v) is 10.6. The van der Waals surface area contributed by atoms with E-state index in [1.807, 2.05) is 6.92 Å². The van der Waals surface area contributed by atoms with Gasteiger partial charge < -0.3 is 15.4 Å². The van der Waals surface area contributed by atoms with Crippen LogP contribution in [0.3, 0.4) is 0 Å². The van der Waals surface area contributed by atoms with E-state index < -0.39 is 45.0 Å². The number of sulfone groups is 1. The maximum absolute atomic E-state index is 12.6. The molecule has 10 nitrogen and oxygen atoms in total. The summed E-state index contributed by atoms with van der Waals surface area (Å²) in [5, 5.41) is 10.9. The molecule has 0 aromatic heterocycles. The van der Waals surface area contributed by atoms with Crippen molar-refractivity contribution in [3.05, 3.63) is 33.9 Å². The number of nitrogen functional groups attached to an aromatic ring is 1. The summed E-state index contributed by atoms with van der Waals surface area (Å²) in [6, 6.07) is 2.79. The van der Waals surface area contributed by atoms with Gasteiger partial charge in [-0.2, -0.15) is 0 Å². The van der Waals surface area contributed by atoms with Crippen LogP contribution >= 0.6 is 0 Å². The van der Waals surface area contributed by atoms with Gasteiger partial charge in [0, 0.05) is 18.2 Å². The van der Waals surface area contributed by atoms with Crippen LogP contribution < -0.4 is 5.73 Å². The van der Waals surface area contributed by atoms with Crippen LogP contribution in [-0.2, 0) is 19.4 Å². The lowest BCUT2D eigenvalue weighted by Crippen LogP contribution is -2.48. The van der Waals surface area contributed by atoms with Gasteiger partial charge in [0.2, 0.25) is 0 Å². The van der Waals surface area contributed by atoms with Crippen molar-refractivity contribution in [1.82, 2.24) is 4.90 Å². The summed E-state index contributed by atoms with van der Waals surface area (Å²) in [6.07, 6.45) is 0.955. The Morgan fingerprint density at radius 2 is 2.11 bits per heavy atom. The molecule has 1 aromatic carbocycles. The van der Waals surface area contributed by atoms with Crippen molar-refractivity contribution < 1.29 is 27.7 Å². The van der Waals surface area contributed by atoms with Crippen molar-refractivity contribution in [2.75, 3.05) is 23.8 Å². The van der Waals surface area contributed by atoms with Crippen LogP contribution in [0.4, 0.5) is 11.4 Å². The van der Waals surface area contributed by atoms with Crippen LogP contribution in [0.2, 0.25) is 0 Å². The number of nitrogens with zero attached hydrogens (tertiary/aromatic N) is 2. The van der Waals surface area contributed by atoms with E-state index in [-0.39, 0.29) is 28.8 Å². The average molecular weight is 413 g/mol. The lowest BCUT2D eigenvalue weighted by molar-refractivity contribution is -0.383. The third kappa shape index (κ3) is 4.97. The Morgan fingerprint density at radius 3 is 2.64 bits per heavy atom. The minimum absolute atomic E-state index is 0.0206. The van der Waals surface area contributed by atoms with E-state index in [1.54, 1.807) is 6.92 Å². The first-order valence-electron chi connectivity index (χ1n) is 8.78. The maximum Gasteiger partial charge on any atom is 0.338 e. The molecule has 1 aromatic rings. The second-order valence-electron chi connectivity index (χ2n) is 6.72. The number of benzene rings is 1. The molecule has 1 aliphatic rings. The molecular formula is C17H23N3O7S. The van der Waals surface area contributed by atoms with E-state index in [2.05, 4.69) is 0 Å². The van der Waals surface area contributed by atoms with Crippen molar-refractivity contribution in [2.45, 2.75) is 38.8 Å². The molecule has 154 valence electrons. The van der Waals surface area contributed by atoms with E-state index in [9.17, 15) is 28.1 Å². The Kier molecular flexibility index (Phi) is 6.60. The van der Waals surface area contributed by atoms with Gasteiger partial charge in [-0.05, 0) is 31.9 Å². The number of anilines is 1. The molecule has 28 heavy (non-hydrogen) atoms. The Morgan fingerprint density at radius 1 is 1.43 bits per heavy atom. The smallest absolute Gasteiger partial charge is 0.338 e. The van der Waals surface area contributed by atoms with Gasteiger partial charge in [-0.25, -0.2) is 13.2 Å². The van der Waals surface area contributed by atoms with Crippen LogP contribution in [0.1, 0.15) is 37.0 Å². The molecule has 0 unspecified atom stereocenters. The molecule has 2 rings (SSSR count). The van der Waals surface area contributed by atoms with Crippen LogP contribution in [0.15, 0.2) is 18.2 Å². The molecule has 1 saturated heterocycles. The zero-order valence-electron chi connectivity index (χ0n) is 15.7. The second kappa shape index (κ2) is 8.55. The molecule has 2 N–H and O–H groups in total. The van der Waals surface area contributed by atoms with Gasteiger partial charge in [0.15, 0.2) is 16.4 Å². The first-order chi connectivity index (χ1) is 13.1. The first kappa shape index (κ1) is 21.6. The van der Waals surface area contributed by atoms with E-state index in [4.69, 9.17) is 10.5 Å². The highest BCUT2D eigenvalue weighted by molar-refractivity contribution is 7.91. The molecule has 1 aliphatic heterocycles. The largest absolute Gasteiger partial charge is 0.452 e. The van der Waals surface area contributed by atoms with Gasteiger partial charge in [0.25, 0.3) is 11.6 Å². The summed E-state index contributed by atoms with van der Waals surface area (Å²) in [5.74, 6) is -1.50. The number of ether oxygens (including phenoxy) is 1. The number of carbonyl (C=O) groups is 2. The predicted octanol–water partition coefficient (Wildman–Crippen LogP) is 1.15. The Bertz CT molecular complexity index is 885. The number of esters is 1. The fourth-order valence-corrected chi connectivity index (χ4v) is 4.83. The van der Waals surface area contributed by atoms with Gasteiger partial charge in [0.05, 0.1) is 22.0 Å². The van der Waals surface area contributed by atoms with Gasteiger partial charge in [-0.15, -0.1) is 0 Å². The third-order valence-electron chi connectivity index (χ3n) is 4.75. The van der Waals surface area contributed by atoms with E-state index in [1.165, 1.54) is 17.0 Å².